The molecule has 16 nitrogen and oxygen atoms in total. The number of β-lactam (4-membered cyclic amide) rings is 1. The number of aromatic nitrogens is 1. The fourth-order valence-electron chi connectivity index (χ4n) is 3.06. The number of amides is 4. The van der Waals surface area contributed by atoms with Crippen molar-refractivity contribution < 1.29 is 42.1 Å². The third-order valence-corrected chi connectivity index (χ3v) is 6.54. The van der Waals surface area contributed by atoms with E-state index in [-0.39, 0.29) is 28.2 Å². The Morgan fingerprint density at radius 1 is 1.44 bits per heavy atom. The van der Waals surface area contributed by atoms with Crippen LogP contribution in [0.5, 0.6) is 0 Å². The predicted molar refractivity (Wildman–Crippen MR) is 115 cm³/mol. The van der Waals surface area contributed by atoms with Gasteiger partial charge in [-0.2, -0.15) is 8.42 Å². The molecule has 3 rings (SSSR count). The number of nitrogens with zero attached hydrogens (tertiary/aromatic N) is 4. The molecule has 0 spiro atoms. The van der Waals surface area contributed by atoms with Gasteiger partial charge in [-0.3, -0.25) is 14.1 Å². The molecule has 34 heavy (non-hydrogen) atoms. The summed E-state index contributed by atoms with van der Waals surface area (Å²) >= 11 is 0.950. The van der Waals surface area contributed by atoms with Crippen molar-refractivity contribution in [3.05, 3.63) is 11.1 Å². The zero-order chi connectivity index (χ0) is 25.4. The number of hydrogen-bond donors (Lipinski definition) is 5. The summed E-state index contributed by atoms with van der Waals surface area (Å²) in [7, 11) is -4.97. The predicted octanol–water partition coefficient (Wildman–Crippen LogP) is -2.17. The largest absolute Gasteiger partial charge is 0.478 e. The van der Waals surface area contributed by atoms with Crippen LogP contribution >= 0.6 is 11.3 Å². The molecule has 1 aromatic heterocycles. The van der Waals surface area contributed by atoms with Crippen molar-refractivity contribution in [2.24, 2.45) is 5.16 Å². The van der Waals surface area contributed by atoms with Crippen LogP contribution in [0.2, 0.25) is 0 Å². The van der Waals surface area contributed by atoms with Crippen molar-refractivity contribution in [2.45, 2.75) is 31.5 Å². The van der Waals surface area contributed by atoms with Crippen molar-refractivity contribution in [2.75, 3.05) is 25.4 Å². The SMILES string of the molecule is CC(C)(O/N=C(/C(=O)N[C@@H]1C(=O)N(S(=O)(=O)O)[C@@H]1CN1CCNC1=O)c1csc(N)n1)C(=O)O. The Morgan fingerprint density at radius 2 is 2.12 bits per heavy atom. The third kappa shape index (κ3) is 5.02. The maximum atomic E-state index is 13.0. The van der Waals surface area contributed by atoms with E-state index in [1.807, 2.05) is 0 Å². The molecule has 2 saturated heterocycles. The van der Waals surface area contributed by atoms with Crippen LogP contribution in [0.1, 0.15) is 19.5 Å². The van der Waals surface area contributed by atoms with E-state index >= 15 is 0 Å². The molecular weight excluding hydrogens is 498 g/mol. The number of nitrogens with one attached hydrogen (secondary N) is 2. The number of thiazole rings is 1. The molecular formula is C16H21N7O9S2. The van der Waals surface area contributed by atoms with Gasteiger partial charge in [0.15, 0.2) is 10.8 Å². The number of anilines is 1. The highest BCUT2D eigenvalue weighted by Gasteiger charge is 2.55. The summed E-state index contributed by atoms with van der Waals surface area (Å²) in [5.74, 6) is -3.59. The second-order valence-electron chi connectivity index (χ2n) is 7.73. The van der Waals surface area contributed by atoms with Crippen molar-refractivity contribution in [1.82, 2.24) is 24.8 Å². The van der Waals surface area contributed by atoms with Gasteiger partial charge in [0.05, 0.1) is 6.04 Å². The minimum absolute atomic E-state index is 0.0585. The number of rotatable bonds is 9. The number of carboxylic acids is 1. The summed E-state index contributed by atoms with van der Waals surface area (Å²) in [6.45, 7) is 2.56. The first kappa shape index (κ1) is 25.1. The Bertz CT molecular complexity index is 1160. The third-order valence-electron chi connectivity index (χ3n) is 4.92. The molecule has 2 fully saturated rings. The van der Waals surface area contributed by atoms with Crippen LogP contribution in [-0.2, 0) is 29.5 Å². The maximum Gasteiger partial charge on any atom is 0.362 e. The lowest BCUT2D eigenvalue weighted by Gasteiger charge is -2.45. The van der Waals surface area contributed by atoms with E-state index in [0.29, 0.717) is 6.54 Å². The van der Waals surface area contributed by atoms with Gasteiger partial charge in [-0.05, 0) is 13.8 Å². The molecule has 0 saturated carbocycles. The van der Waals surface area contributed by atoms with Gasteiger partial charge in [0.1, 0.15) is 11.7 Å². The molecule has 2 atom stereocenters. The van der Waals surface area contributed by atoms with E-state index in [1.165, 1.54) is 24.1 Å². The van der Waals surface area contributed by atoms with Crippen LogP contribution in [0.25, 0.3) is 0 Å². The van der Waals surface area contributed by atoms with Crippen LogP contribution < -0.4 is 16.4 Å². The van der Waals surface area contributed by atoms with Crippen molar-refractivity contribution >= 4 is 56.3 Å². The van der Waals surface area contributed by atoms with Crippen LogP contribution in [0.3, 0.4) is 0 Å². The molecule has 0 aliphatic carbocycles. The number of carbonyl (C=O) groups is 4. The Balaban J connectivity index is 1.87. The lowest BCUT2D eigenvalue weighted by atomic mass is 9.97. The standard InChI is InChI=1S/C16H21N7O9S2/c1-16(2,13(26)27)32-21-9(7-6-33-14(17)19-7)11(24)20-10-8(5-22-4-3-18-15(22)28)23(12(10)25)34(29,30)31/h6,8,10H,3-5H2,1-2H3,(H2,17,19)(H,18,28)(H,20,24)(H,26,27)(H,29,30,31)/b21-9+/t8-,10+/m1/s1. The number of urea groups is 1. The van der Waals surface area contributed by atoms with Gasteiger partial charge in [-0.15, -0.1) is 11.3 Å². The number of hydrogen-bond acceptors (Lipinski definition) is 11. The van der Waals surface area contributed by atoms with Gasteiger partial charge in [0.2, 0.25) is 5.60 Å². The van der Waals surface area contributed by atoms with E-state index in [2.05, 4.69) is 20.8 Å². The van der Waals surface area contributed by atoms with E-state index < -0.39 is 57.5 Å². The fraction of sp³-hybridized carbons (Fsp3) is 0.500. The fourth-order valence-corrected chi connectivity index (χ4v) is 4.48. The van der Waals surface area contributed by atoms with E-state index in [9.17, 15) is 37.3 Å². The first-order valence-corrected chi connectivity index (χ1v) is 11.9. The van der Waals surface area contributed by atoms with Gasteiger partial charge < -0.3 is 31.2 Å². The number of nitrogen functional groups attached to an aromatic ring is 1. The minimum Gasteiger partial charge on any atom is -0.478 e. The normalized spacial score (nSPS) is 21.2. The first-order valence-electron chi connectivity index (χ1n) is 9.57. The monoisotopic (exact) mass is 519 g/mol. The Hall–Kier alpha value is -3.51. The van der Waals surface area contributed by atoms with Crippen LogP contribution in [0.4, 0.5) is 9.93 Å². The first-order chi connectivity index (χ1) is 15.7. The van der Waals surface area contributed by atoms with Crippen molar-refractivity contribution in [3.63, 3.8) is 0 Å². The highest BCUT2D eigenvalue weighted by Crippen LogP contribution is 2.25. The minimum atomic E-state index is -4.97. The van der Waals surface area contributed by atoms with Crippen LogP contribution in [0, 0.1) is 0 Å². The topological polar surface area (TPSA) is 234 Å². The van der Waals surface area contributed by atoms with E-state index in [0.717, 1.165) is 11.3 Å². The second-order valence-corrected chi connectivity index (χ2v) is 9.90. The van der Waals surface area contributed by atoms with Gasteiger partial charge >= 0.3 is 22.3 Å². The average Bonchev–Trinajstić information content (AvgIpc) is 3.32. The highest BCUT2D eigenvalue weighted by atomic mass is 32.2. The summed E-state index contributed by atoms with van der Waals surface area (Å²) < 4.78 is 32.9. The summed E-state index contributed by atoms with van der Waals surface area (Å²) in [6, 6.07) is -3.28. The number of carbonyl (C=O) groups excluding carboxylic acids is 3. The number of aliphatic carboxylic acids is 1. The lowest BCUT2D eigenvalue weighted by Crippen LogP contribution is -2.74. The van der Waals surface area contributed by atoms with Crippen molar-refractivity contribution in [1.29, 1.82) is 0 Å². The zero-order valence-electron chi connectivity index (χ0n) is 17.8. The summed E-state index contributed by atoms with van der Waals surface area (Å²) in [6.07, 6.45) is 0. The Kier molecular flexibility index (Phi) is 6.67. The molecule has 1 aromatic rings. The molecule has 0 bridgehead atoms. The number of carboxylic acid groups (broad SMARTS) is 1. The molecule has 4 amide bonds. The van der Waals surface area contributed by atoms with Gasteiger partial charge in [-0.25, -0.2) is 18.9 Å². The van der Waals surface area contributed by atoms with Crippen LogP contribution in [-0.4, -0.2) is 99.1 Å². The molecule has 0 unspecified atom stereocenters. The molecule has 2 aliphatic rings. The molecule has 3 heterocycles. The molecule has 0 aromatic carbocycles. The van der Waals surface area contributed by atoms with Crippen LogP contribution in [0.15, 0.2) is 10.5 Å². The summed E-state index contributed by atoms with van der Waals surface area (Å²) in [5.41, 5.74) is 3.14. The lowest BCUT2D eigenvalue weighted by molar-refractivity contribution is -0.161. The average molecular weight is 520 g/mol. The molecule has 2 aliphatic heterocycles. The van der Waals surface area contributed by atoms with Gasteiger partial charge in [-0.1, -0.05) is 5.16 Å². The van der Waals surface area contributed by atoms with E-state index in [4.69, 9.17) is 10.6 Å². The van der Waals surface area contributed by atoms with Gasteiger partial charge in [0.25, 0.3) is 11.8 Å². The summed E-state index contributed by atoms with van der Waals surface area (Å²) in [5, 5.41) is 19.0. The molecule has 0 radical (unpaired) electrons. The quantitative estimate of drug-likeness (QED) is 0.102. The highest BCUT2D eigenvalue weighted by molar-refractivity contribution is 7.84. The van der Waals surface area contributed by atoms with Gasteiger partial charge in [0, 0.05) is 25.0 Å². The van der Waals surface area contributed by atoms with Crippen molar-refractivity contribution in [3.8, 4) is 0 Å². The molecule has 6 N–H and O–H groups in total. The summed E-state index contributed by atoms with van der Waals surface area (Å²) in [4.78, 5) is 58.7. The van der Waals surface area contributed by atoms with E-state index in [1.54, 1.807) is 0 Å². The smallest absolute Gasteiger partial charge is 0.362 e. The Morgan fingerprint density at radius 3 is 2.62 bits per heavy atom. The molecule has 186 valence electrons. The maximum absolute atomic E-state index is 13.0. The Labute approximate surface area is 196 Å². The second kappa shape index (κ2) is 9.03. The number of nitrogens with two attached hydrogens (primary N) is 1. The molecule has 18 heteroatoms. The zero-order valence-corrected chi connectivity index (χ0v) is 19.4. The number of oxime groups is 1.